The van der Waals surface area contributed by atoms with Gasteiger partial charge in [-0.25, -0.2) is 0 Å². The Bertz CT molecular complexity index is 580. The Kier molecular flexibility index (Phi) is 6.01. The standard InChI is InChI=1S/C17H22O6/c1-2-12-10-23-17(21)9-13(12)8-16(20)22-6-5-11-3-4-14(18)15(19)7-11/h2-4,7,13,17-19,21H,5-6,8-10H2,1H3/b12-2+. The fraction of sp³-hybridized carbons (Fsp3) is 0.471. The first-order valence-electron chi connectivity index (χ1n) is 7.60. The molecule has 2 atom stereocenters. The molecule has 1 aliphatic rings. The summed E-state index contributed by atoms with van der Waals surface area (Å²) in [6.07, 6.45) is 2.12. The number of carbonyl (C=O) groups is 1. The molecule has 1 saturated heterocycles. The van der Waals surface area contributed by atoms with E-state index in [2.05, 4.69) is 0 Å². The lowest BCUT2D eigenvalue weighted by Crippen LogP contribution is -2.29. The maximum atomic E-state index is 11.9. The van der Waals surface area contributed by atoms with Crippen molar-refractivity contribution in [3.8, 4) is 11.5 Å². The molecule has 6 heteroatoms. The molecule has 1 aromatic rings. The van der Waals surface area contributed by atoms with Gasteiger partial charge >= 0.3 is 5.97 Å². The lowest BCUT2D eigenvalue weighted by atomic mass is 9.90. The normalized spacial score (nSPS) is 23.0. The number of benzene rings is 1. The molecular weight excluding hydrogens is 300 g/mol. The maximum absolute atomic E-state index is 11.9. The molecule has 0 radical (unpaired) electrons. The van der Waals surface area contributed by atoms with Gasteiger partial charge in [0.15, 0.2) is 17.8 Å². The Morgan fingerprint density at radius 2 is 2.17 bits per heavy atom. The average Bonchev–Trinajstić information content (AvgIpc) is 2.51. The SMILES string of the molecule is C/C=C1\COC(O)CC1CC(=O)OCCc1ccc(O)c(O)c1. The molecule has 1 aromatic carbocycles. The predicted molar refractivity (Wildman–Crippen MR) is 82.9 cm³/mol. The van der Waals surface area contributed by atoms with Crippen molar-refractivity contribution in [3.05, 3.63) is 35.4 Å². The predicted octanol–water partition coefficient (Wildman–Crippen LogP) is 1.87. The fourth-order valence-electron chi connectivity index (χ4n) is 2.57. The molecule has 1 aliphatic heterocycles. The summed E-state index contributed by atoms with van der Waals surface area (Å²) in [5.74, 6) is -0.758. The molecule has 0 saturated carbocycles. The summed E-state index contributed by atoms with van der Waals surface area (Å²) < 4.78 is 10.4. The van der Waals surface area contributed by atoms with Crippen LogP contribution in [0.15, 0.2) is 29.8 Å². The number of phenolic OH excluding ortho intramolecular Hbond substituents is 2. The Morgan fingerprint density at radius 1 is 1.39 bits per heavy atom. The number of esters is 1. The lowest BCUT2D eigenvalue weighted by Gasteiger charge is -2.28. The second-order valence-electron chi connectivity index (χ2n) is 5.56. The lowest BCUT2D eigenvalue weighted by molar-refractivity contribution is -0.148. The Morgan fingerprint density at radius 3 is 2.87 bits per heavy atom. The summed E-state index contributed by atoms with van der Waals surface area (Å²) in [7, 11) is 0. The molecule has 2 rings (SSSR count). The average molecular weight is 322 g/mol. The van der Waals surface area contributed by atoms with Gasteiger partial charge < -0.3 is 24.8 Å². The smallest absolute Gasteiger partial charge is 0.306 e. The van der Waals surface area contributed by atoms with Crippen molar-refractivity contribution in [3.63, 3.8) is 0 Å². The monoisotopic (exact) mass is 322 g/mol. The third-order valence-electron chi connectivity index (χ3n) is 3.93. The molecular formula is C17H22O6. The zero-order chi connectivity index (χ0) is 16.8. The van der Waals surface area contributed by atoms with Crippen molar-refractivity contribution in [2.24, 2.45) is 5.92 Å². The van der Waals surface area contributed by atoms with Gasteiger partial charge in [0.1, 0.15) is 0 Å². The van der Waals surface area contributed by atoms with Crippen molar-refractivity contribution in [2.75, 3.05) is 13.2 Å². The molecule has 3 N–H and O–H groups in total. The number of carbonyl (C=O) groups excluding carboxylic acids is 1. The minimum atomic E-state index is -0.837. The van der Waals surface area contributed by atoms with E-state index < -0.39 is 6.29 Å². The van der Waals surface area contributed by atoms with E-state index in [1.54, 1.807) is 6.07 Å². The third kappa shape index (κ3) is 4.97. The van der Waals surface area contributed by atoms with Gasteiger partial charge in [0, 0.05) is 12.8 Å². The Labute approximate surface area is 135 Å². The molecule has 0 bridgehead atoms. The molecule has 2 unspecified atom stereocenters. The van der Waals surface area contributed by atoms with Crippen LogP contribution in [-0.4, -0.2) is 40.8 Å². The molecule has 1 fully saturated rings. The number of ether oxygens (including phenoxy) is 2. The van der Waals surface area contributed by atoms with E-state index in [1.807, 2.05) is 13.0 Å². The van der Waals surface area contributed by atoms with Crippen molar-refractivity contribution >= 4 is 5.97 Å². The molecule has 0 aliphatic carbocycles. The zero-order valence-corrected chi connectivity index (χ0v) is 13.1. The number of aliphatic hydroxyl groups is 1. The van der Waals surface area contributed by atoms with Crippen molar-refractivity contribution in [1.29, 1.82) is 0 Å². The molecule has 6 nitrogen and oxygen atoms in total. The molecule has 126 valence electrons. The van der Waals surface area contributed by atoms with E-state index in [0.717, 1.165) is 11.1 Å². The molecule has 0 amide bonds. The van der Waals surface area contributed by atoms with E-state index >= 15 is 0 Å². The number of aliphatic hydroxyl groups excluding tert-OH is 1. The minimum Gasteiger partial charge on any atom is -0.504 e. The summed E-state index contributed by atoms with van der Waals surface area (Å²) in [5, 5.41) is 28.2. The van der Waals surface area contributed by atoms with E-state index in [9.17, 15) is 20.1 Å². The van der Waals surface area contributed by atoms with Crippen molar-refractivity contribution in [1.82, 2.24) is 0 Å². The summed E-state index contributed by atoms with van der Waals surface area (Å²) in [6, 6.07) is 4.50. The molecule has 0 aromatic heterocycles. The largest absolute Gasteiger partial charge is 0.504 e. The molecule has 23 heavy (non-hydrogen) atoms. The van der Waals surface area contributed by atoms with Gasteiger partial charge in [0.05, 0.1) is 19.6 Å². The van der Waals surface area contributed by atoms with E-state index in [1.165, 1.54) is 12.1 Å². The van der Waals surface area contributed by atoms with Crippen LogP contribution in [0.2, 0.25) is 0 Å². The number of allylic oxidation sites excluding steroid dienone is 1. The van der Waals surface area contributed by atoms with Crippen LogP contribution in [0.25, 0.3) is 0 Å². The highest BCUT2D eigenvalue weighted by molar-refractivity contribution is 5.70. The van der Waals surface area contributed by atoms with Crippen LogP contribution in [0.1, 0.15) is 25.3 Å². The second-order valence-corrected chi connectivity index (χ2v) is 5.56. The highest BCUT2D eigenvalue weighted by Gasteiger charge is 2.27. The van der Waals surface area contributed by atoms with Gasteiger partial charge in [0.25, 0.3) is 0 Å². The second kappa shape index (κ2) is 7.99. The van der Waals surface area contributed by atoms with E-state index in [4.69, 9.17) is 9.47 Å². The van der Waals surface area contributed by atoms with E-state index in [-0.39, 0.29) is 36.4 Å². The summed E-state index contributed by atoms with van der Waals surface area (Å²) in [6.45, 7) is 2.41. The molecule has 1 heterocycles. The van der Waals surface area contributed by atoms with Gasteiger partial charge in [-0.3, -0.25) is 4.79 Å². The van der Waals surface area contributed by atoms with Crippen LogP contribution in [-0.2, 0) is 20.7 Å². The highest BCUT2D eigenvalue weighted by Crippen LogP contribution is 2.28. The summed E-state index contributed by atoms with van der Waals surface area (Å²) in [5.41, 5.74) is 1.76. The first-order valence-corrected chi connectivity index (χ1v) is 7.60. The highest BCUT2D eigenvalue weighted by atomic mass is 16.6. The van der Waals surface area contributed by atoms with Crippen LogP contribution in [0.5, 0.6) is 11.5 Å². The summed E-state index contributed by atoms with van der Waals surface area (Å²) >= 11 is 0. The molecule has 0 spiro atoms. The Hall–Kier alpha value is -2.05. The van der Waals surface area contributed by atoms with Gasteiger partial charge in [-0.15, -0.1) is 0 Å². The number of hydrogen-bond acceptors (Lipinski definition) is 6. The van der Waals surface area contributed by atoms with Gasteiger partial charge in [0.2, 0.25) is 0 Å². The number of phenols is 2. The Balaban J connectivity index is 1.79. The third-order valence-corrected chi connectivity index (χ3v) is 3.93. The first-order chi connectivity index (χ1) is 11.0. The van der Waals surface area contributed by atoms with Crippen molar-refractivity contribution < 1.29 is 29.6 Å². The number of aromatic hydroxyl groups is 2. The first kappa shape index (κ1) is 17.3. The minimum absolute atomic E-state index is 0.0611. The fourth-order valence-corrected chi connectivity index (χ4v) is 2.57. The van der Waals surface area contributed by atoms with Gasteiger partial charge in [-0.05, 0) is 36.1 Å². The van der Waals surface area contributed by atoms with Crippen LogP contribution >= 0.6 is 0 Å². The number of rotatable bonds is 5. The maximum Gasteiger partial charge on any atom is 0.306 e. The van der Waals surface area contributed by atoms with Crippen LogP contribution in [0, 0.1) is 5.92 Å². The van der Waals surface area contributed by atoms with Crippen LogP contribution in [0.3, 0.4) is 0 Å². The van der Waals surface area contributed by atoms with Gasteiger partial charge in [-0.1, -0.05) is 12.1 Å². The van der Waals surface area contributed by atoms with Crippen LogP contribution in [0.4, 0.5) is 0 Å². The van der Waals surface area contributed by atoms with Crippen LogP contribution < -0.4 is 0 Å². The number of hydrogen-bond donors (Lipinski definition) is 3. The van der Waals surface area contributed by atoms with Crippen molar-refractivity contribution in [2.45, 2.75) is 32.5 Å². The quantitative estimate of drug-likeness (QED) is 0.435. The summed E-state index contributed by atoms with van der Waals surface area (Å²) in [4.78, 5) is 11.9. The van der Waals surface area contributed by atoms with E-state index in [0.29, 0.717) is 19.4 Å². The van der Waals surface area contributed by atoms with Gasteiger partial charge in [-0.2, -0.15) is 0 Å². The topological polar surface area (TPSA) is 96.2 Å². The zero-order valence-electron chi connectivity index (χ0n) is 13.1.